The van der Waals surface area contributed by atoms with Crippen molar-refractivity contribution in [2.24, 2.45) is 0 Å². The monoisotopic (exact) mass is 240 g/mol. The Morgan fingerprint density at radius 2 is 2.00 bits per heavy atom. The Morgan fingerprint density at radius 3 is 2.72 bits per heavy atom. The van der Waals surface area contributed by atoms with E-state index >= 15 is 0 Å². The van der Waals surface area contributed by atoms with Crippen molar-refractivity contribution in [3.05, 3.63) is 72.6 Å². The van der Waals surface area contributed by atoms with Gasteiger partial charge in [0.25, 0.3) is 0 Å². The third-order valence-electron chi connectivity index (χ3n) is 2.54. The standard InChI is InChI=1S/C15H16N2O/c1-13(15-8-5-9-16-11-15)10-17-18-12-14-6-3-2-4-7-14/h2-9,11,17H,1,10,12H2. The number of aromatic nitrogens is 1. The molecule has 0 unspecified atom stereocenters. The molecule has 0 aliphatic heterocycles. The van der Waals surface area contributed by atoms with Crippen LogP contribution in [-0.4, -0.2) is 11.5 Å². The smallest absolute Gasteiger partial charge is 0.0933 e. The van der Waals surface area contributed by atoms with Crippen LogP contribution in [-0.2, 0) is 11.4 Å². The van der Waals surface area contributed by atoms with Crippen LogP contribution in [0.1, 0.15) is 11.1 Å². The molecular formula is C15H16N2O. The minimum Gasteiger partial charge on any atom is -0.297 e. The topological polar surface area (TPSA) is 34.1 Å². The third kappa shape index (κ3) is 3.80. The van der Waals surface area contributed by atoms with Gasteiger partial charge in [0.15, 0.2) is 0 Å². The first-order valence-corrected chi connectivity index (χ1v) is 5.83. The third-order valence-corrected chi connectivity index (χ3v) is 2.54. The van der Waals surface area contributed by atoms with Gasteiger partial charge in [-0.2, -0.15) is 5.48 Å². The first-order chi connectivity index (χ1) is 8.86. The molecule has 0 radical (unpaired) electrons. The Kier molecular flexibility index (Phi) is 4.64. The van der Waals surface area contributed by atoms with Gasteiger partial charge in [-0.3, -0.25) is 9.82 Å². The number of rotatable bonds is 6. The molecule has 0 spiro atoms. The zero-order valence-corrected chi connectivity index (χ0v) is 10.2. The molecular weight excluding hydrogens is 224 g/mol. The summed E-state index contributed by atoms with van der Waals surface area (Å²) in [5.41, 5.74) is 6.02. The maximum atomic E-state index is 5.38. The van der Waals surface area contributed by atoms with Crippen LogP contribution in [0.25, 0.3) is 5.57 Å². The molecule has 1 aromatic carbocycles. The second-order valence-corrected chi connectivity index (χ2v) is 3.94. The van der Waals surface area contributed by atoms with E-state index in [9.17, 15) is 0 Å². The van der Waals surface area contributed by atoms with Crippen molar-refractivity contribution in [1.82, 2.24) is 10.5 Å². The van der Waals surface area contributed by atoms with Crippen LogP contribution in [0.5, 0.6) is 0 Å². The predicted octanol–water partition coefficient (Wildman–Crippen LogP) is 2.82. The van der Waals surface area contributed by atoms with Crippen molar-refractivity contribution in [3.63, 3.8) is 0 Å². The van der Waals surface area contributed by atoms with Crippen LogP contribution >= 0.6 is 0 Å². The van der Waals surface area contributed by atoms with E-state index in [4.69, 9.17) is 4.84 Å². The summed E-state index contributed by atoms with van der Waals surface area (Å²) in [7, 11) is 0. The highest BCUT2D eigenvalue weighted by Gasteiger charge is 1.98. The minimum atomic E-state index is 0.543. The van der Waals surface area contributed by atoms with Crippen LogP contribution in [0.4, 0.5) is 0 Å². The van der Waals surface area contributed by atoms with Gasteiger partial charge in [-0.05, 0) is 22.8 Å². The maximum absolute atomic E-state index is 5.38. The van der Waals surface area contributed by atoms with Crippen molar-refractivity contribution in [1.29, 1.82) is 0 Å². The van der Waals surface area contributed by atoms with Crippen molar-refractivity contribution in [2.75, 3.05) is 6.54 Å². The zero-order chi connectivity index (χ0) is 12.6. The predicted molar refractivity (Wildman–Crippen MR) is 72.5 cm³/mol. The number of hydroxylamine groups is 1. The fourth-order valence-corrected chi connectivity index (χ4v) is 1.52. The number of nitrogens with zero attached hydrogens (tertiary/aromatic N) is 1. The van der Waals surface area contributed by atoms with E-state index < -0.39 is 0 Å². The molecule has 1 aromatic heterocycles. The summed E-state index contributed by atoms with van der Waals surface area (Å²) in [4.78, 5) is 9.43. The van der Waals surface area contributed by atoms with E-state index in [2.05, 4.69) is 17.0 Å². The van der Waals surface area contributed by atoms with E-state index in [0.717, 1.165) is 16.7 Å². The fourth-order valence-electron chi connectivity index (χ4n) is 1.52. The molecule has 18 heavy (non-hydrogen) atoms. The number of hydrogen-bond acceptors (Lipinski definition) is 3. The Bertz CT molecular complexity index is 482. The molecule has 0 amide bonds. The van der Waals surface area contributed by atoms with Crippen molar-refractivity contribution in [3.8, 4) is 0 Å². The Morgan fingerprint density at radius 1 is 1.17 bits per heavy atom. The first-order valence-electron chi connectivity index (χ1n) is 5.83. The molecule has 0 saturated heterocycles. The summed E-state index contributed by atoms with van der Waals surface area (Å²) >= 11 is 0. The van der Waals surface area contributed by atoms with E-state index in [1.807, 2.05) is 42.5 Å². The van der Waals surface area contributed by atoms with Crippen LogP contribution in [0.3, 0.4) is 0 Å². The molecule has 92 valence electrons. The maximum Gasteiger partial charge on any atom is 0.0933 e. The molecule has 0 aliphatic rings. The summed E-state index contributed by atoms with van der Waals surface area (Å²) in [5, 5.41) is 0. The molecule has 0 saturated carbocycles. The van der Waals surface area contributed by atoms with Gasteiger partial charge in [0.05, 0.1) is 6.61 Å². The first kappa shape index (κ1) is 12.5. The van der Waals surface area contributed by atoms with Gasteiger partial charge in [-0.15, -0.1) is 0 Å². The Labute approximate surface area is 107 Å². The average Bonchev–Trinajstić information content (AvgIpc) is 2.45. The fraction of sp³-hybridized carbons (Fsp3) is 0.133. The summed E-state index contributed by atoms with van der Waals surface area (Å²) in [6.07, 6.45) is 3.54. The molecule has 2 rings (SSSR count). The molecule has 2 aromatic rings. The number of pyridine rings is 1. The number of hydrogen-bond donors (Lipinski definition) is 1. The van der Waals surface area contributed by atoms with Gasteiger partial charge in [0, 0.05) is 18.9 Å². The number of nitrogens with one attached hydrogen (secondary N) is 1. The van der Waals surface area contributed by atoms with Crippen LogP contribution in [0.15, 0.2) is 61.4 Å². The Hall–Kier alpha value is -1.97. The van der Waals surface area contributed by atoms with Crippen LogP contribution in [0, 0.1) is 0 Å². The SMILES string of the molecule is C=C(CNOCc1ccccc1)c1cccnc1. The molecule has 1 heterocycles. The molecule has 0 atom stereocenters. The summed E-state index contributed by atoms with van der Waals surface area (Å²) in [6.45, 7) is 5.11. The van der Waals surface area contributed by atoms with E-state index in [-0.39, 0.29) is 0 Å². The summed E-state index contributed by atoms with van der Waals surface area (Å²) in [6, 6.07) is 13.9. The van der Waals surface area contributed by atoms with Gasteiger partial charge < -0.3 is 0 Å². The highest BCUT2D eigenvalue weighted by atomic mass is 16.6. The lowest BCUT2D eigenvalue weighted by atomic mass is 10.1. The summed E-state index contributed by atoms with van der Waals surface area (Å²) in [5.74, 6) is 0. The molecule has 1 N–H and O–H groups in total. The van der Waals surface area contributed by atoms with Crippen molar-refractivity contribution < 1.29 is 4.84 Å². The Balaban J connectivity index is 1.72. The molecule has 3 nitrogen and oxygen atoms in total. The average molecular weight is 240 g/mol. The second kappa shape index (κ2) is 6.69. The van der Waals surface area contributed by atoms with Crippen molar-refractivity contribution >= 4 is 5.57 Å². The second-order valence-electron chi connectivity index (χ2n) is 3.94. The molecule has 0 bridgehead atoms. The highest BCUT2D eigenvalue weighted by molar-refractivity contribution is 5.63. The lowest BCUT2D eigenvalue weighted by Crippen LogP contribution is -2.16. The largest absolute Gasteiger partial charge is 0.297 e. The van der Waals surface area contributed by atoms with Crippen molar-refractivity contribution in [2.45, 2.75) is 6.61 Å². The molecule has 0 fully saturated rings. The van der Waals surface area contributed by atoms with Gasteiger partial charge in [-0.1, -0.05) is 43.0 Å². The lowest BCUT2D eigenvalue weighted by Gasteiger charge is -2.08. The zero-order valence-electron chi connectivity index (χ0n) is 10.2. The van der Waals surface area contributed by atoms with Gasteiger partial charge >= 0.3 is 0 Å². The van der Waals surface area contributed by atoms with E-state index in [1.165, 1.54) is 0 Å². The van der Waals surface area contributed by atoms with E-state index in [1.54, 1.807) is 12.4 Å². The number of benzene rings is 1. The lowest BCUT2D eigenvalue weighted by molar-refractivity contribution is 0.0365. The van der Waals surface area contributed by atoms with Gasteiger partial charge in [0.1, 0.15) is 0 Å². The van der Waals surface area contributed by atoms with Gasteiger partial charge in [-0.25, -0.2) is 0 Å². The molecule has 3 heteroatoms. The van der Waals surface area contributed by atoms with E-state index in [0.29, 0.717) is 13.2 Å². The van der Waals surface area contributed by atoms with Crippen LogP contribution < -0.4 is 5.48 Å². The normalized spacial score (nSPS) is 10.2. The minimum absolute atomic E-state index is 0.543. The van der Waals surface area contributed by atoms with Gasteiger partial charge in [0.2, 0.25) is 0 Å². The molecule has 0 aliphatic carbocycles. The quantitative estimate of drug-likeness (QED) is 0.622. The van der Waals surface area contributed by atoms with Crippen LogP contribution in [0.2, 0.25) is 0 Å². The highest BCUT2D eigenvalue weighted by Crippen LogP contribution is 2.08. The summed E-state index contributed by atoms with van der Waals surface area (Å²) < 4.78 is 0.